The molecule has 0 unspecified atom stereocenters. The predicted octanol–water partition coefficient (Wildman–Crippen LogP) is 1.54. The number of aliphatic carboxylic acids is 1. The van der Waals surface area contributed by atoms with Crippen molar-refractivity contribution in [2.45, 2.75) is 40.0 Å². The third kappa shape index (κ3) is 2.75. The number of aryl methyl sites for hydroxylation is 3. The Morgan fingerprint density at radius 3 is 2.00 bits per heavy atom. The number of carboxylic acids is 1. The highest BCUT2D eigenvalue weighted by Crippen LogP contribution is 2.14. The van der Waals surface area contributed by atoms with Crippen LogP contribution in [-0.4, -0.2) is 21.0 Å². The number of hydrogen-bond donors (Lipinski definition) is 1. The molecule has 82 valence electrons. The number of hydrogen-bond acceptors (Lipinski definition) is 3. The second kappa shape index (κ2) is 4.87. The van der Waals surface area contributed by atoms with E-state index < -0.39 is 5.97 Å². The fourth-order valence-electron chi connectivity index (χ4n) is 1.66. The van der Waals surface area contributed by atoms with E-state index in [1.807, 2.05) is 20.8 Å². The normalized spacial score (nSPS) is 10.3. The standard InChI is InChI=1S/C11H16N2O2/c1-4-9-8(6-11(14)15)10(5-2)13-7(3)12-9/h4-6H2,1-3H3,(H,14,15). The SMILES string of the molecule is CCc1nc(C)nc(CC)c1CC(=O)O. The van der Waals surface area contributed by atoms with E-state index in [4.69, 9.17) is 5.11 Å². The van der Waals surface area contributed by atoms with Gasteiger partial charge in [0.05, 0.1) is 6.42 Å². The van der Waals surface area contributed by atoms with Gasteiger partial charge in [0.15, 0.2) is 0 Å². The van der Waals surface area contributed by atoms with Crippen molar-refractivity contribution >= 4 is 5.97 Å². The molecule has 0 bridgehead atoms. The van der Waals surface area contributed by atoms with Gasteiger partial charge in [0.1, 0.15) is 5.82 Å². The Morgan fingerprint density at radius 1 is 1.20 bits per heavy atom. The second-order valence-corrected chi connectivity index (χ2v) is 3.42. The molecule has 0 aliphatic carbocycles. The maximum atomic E-state index is 10.7. The van der Waals surface area contributed by atoms with Crippen molar-refractivity contribution in [1.82, 2.24) is 9.97 Å². The van der Waals surface area contributed by atoms with E-state index in [2.05, 4.69) is 9.97 Å². The van der Waals surface area contributed by atoms with Gasteiger partial charge in [0.2, 0.25) is 0 Å². The number of aromatic nitrogens is 2. The Bertz CT molecular complexity index is 350. The summed E-state index contributed by atoms with van der Waals surface area (Å²) in [6, 6.07) is 0. The van der Waals surface area contributed by atoms with Gasteiger partial charge < -0.3 is 5.11 Å². The fourth-order valence-corrected chi connectivity index (χ4v) is 1.66. The van der Waals surface area contributed by atoms with Crippen LogP contribution in [0.25, 0.3) is 0 Å². The van der Waals surface area contributed by atoms with Crippen LogP contribution in [-0.2, 0) is 24.1 Å². The van der Waals surface area contributed by atoms with Gasteiger partial charge in [0.25, 0.3) is 0 Å². The maximum Gasteiger partial charge on any atom is 0.307 e. The zero-order valence-electron chi connectivity index (χ0n) is 9.37. The predicted molar refractivity (Wildman–Crippen MR) is 56.9 cm³/mol. The minimum Gasteiger partial charge on any atom is -0.481 e. The lowest BCUT2D eigenvalue weighted by atomic mass is 10.0. The van der Waals surface area contributed by atoms with E-state index in [1.165, 1.54) is 0 Å². The Balaban J connectivity index is 3.23. The molecule has 0 aromatic carbocycles. The topological polar surface area (TPSA) is 63.1 Å². The van der Waals surface area contributed by atoms with Crippen LogP contribution in [0.2, 0.25) is 0 Å². The van der Waals surface area contributed by atoms with Crippen molar-refractivity contribution < 1.29 is 9.90 Å². The maximum absolute atomic E-state index is 10.7. The van der Waals surface area contributed by atoms with Crippen molar-refractivity contribution in [3.05, 3.63) is 22.8 Å². The van der Waals surface area contributed by atoms with Gasteiger partial charge in [-0.05, 0) is 19.8 Å². The summed E-state index contributed by atoms with van der Waals surface area (Å²) < 4.78 is 0. The molecule has 0 spiro atoms. The molecular formula is C11H16N2O2. The van der Waals surface area contributed by atoms with Crippen LogP contribution in [0.5, 0.6) is 0 Å². The highest BCUT2D eigenvalue weighted by atomic mass is 16.4. The summed E-state index contributed by atoms with van der Waals surface area (Å²) in [4.78, 5) is 19.3. The lowest BCUT2D eigenvalue weighted by Gasteiger charge is -2.10. The highest BCUT2D eigenvalue weighted by molar-refractivity contribution is 5.71. The second-order valence-electron chi connectivity index (χ2n) is 3.42. The summed E-state index contributed by atoms with van der Waals surface area (Å²) in [5, 5.41) is 8.82. The molecule has 0 amide bonds. The van der Waals surface area contributed by atoms with Gasteiger partial charge >= 0.3 is 5.97 Å². The molecule has 0 radical (unpaired) electrons. The average molecular weight is 208 g/mol. The Morgan fingerprint density at radius 2 is 1.67 bits per heavy atom. The molecule has 1 N–H and O–H groups in total. The minimum absolute atomic E-state index is 0.0205. The number of carbonyl (C=O) groups is 1. The lowest BCUT2D eigenvalue weighted by Crippen LogP contribution is -2.11. The Hall–Kier alpha value is -1.45. The number of rotatable bonds is 4. The average Bonchev–Trinajstić information content (AvgIpc) is 2.19. The molecule has 0 fully saturated rings. The summed E-state index contributed by atoms with van der Waals surface area (Å²) in [6.07, 6.45) is 1.52. The van der Waals surface area contributed by atoms with Crippen LogP contribution in [0, 0.1) is 6.92 Å². The van der Waals surface area contributed by atoms with Gasteiger partial charge in [-0.3, -0.25) is 4.79 Å². The molecule has 0 atom stereocenters. The molecule has 1 aromatic heterocycles. The lowest BCUT2D eigenvalue weighted by molar-refractivity contribution is -0.136. The summed E-state index contributed by atoms with van der Waals surface area (Å²) in [7, 11) is 0. The van der Waals surface area contributed by atoms with Gasteiger partial charge in [-0.2, -0.15) is 0 Å². The van der Waals surface area contributed by atoms with E-state index in [-0.39, 0.29) is 6.42 Å². The van der Waals surface area contributed by atoms with Crippen LogP contribution in [0.3, 0.4) is 0 Å². The molecule has 1 heterocycles. The molecule has 1 rings (SSSR count). The monoisotopic (exact) mass is 208 g/mol. The van der Waals surface area contributed by atoms with Gasteiger partial charge in [0, 0.05) is 17.0 Å². The van der Waals surface area contributed by atoms with E-state index in [1.54, 1.807) is 0 Å². The van der Waals surface area contributed by atoms with Crippen molar-refractivity contribution in [3.8, 4) is 0 Å². The third-order valence-electron chi connectivity index (χ3n) is 2.29. The molecular weight excluding hydrogens is 192 g/mol. The third-order valence-corrected chi connectivity index (χ3v) is 2.29. The smallest absolute Gasteiger partial charge is 0.307 e. The minimum atomic E-state index is -0.827. The largest absolute Gasteiger partial charge is 0.481 e. The molecule has 0 aliphatic heterocycles. The summed E-state index contributed by atoms with van der Waals surface area (Å²) in [5.74, 6) is -0.107. The van der Waals surface area contributed by atoms with E-state index in [0.29, 0.717) is 0 Å². The first-order valence-corrected chi connectivity index (χ1v) is 5.15. The van der Waals surface area contributed by atoms with Crippen molar-refractivity contribution in [2.75, 3.05) is 0 Å². The van der Waals surface area contributed by atoms with Crippen LogP contribution in [0.1, 0.15) is 36.6 Å². The highest BCUT2D eigenvalue weighted by Gasteiger charge is 2.13. The van der Waals surface area contributed by atoms with E-state index in [9.17, 15) is 4.79 Å². The first kappa shape index (κ1) is 11.6. The van der Waals surface area contributed by atoms with Crippen LogP contribution in [0.4, 0.5) is 0 Å². The molecule has 0 saturated carbocycles. The fraction of sp³-hybridized carbons (Fsp3) is 0.545. The summed E-state index contributed by atoms with van der Waals surface area (Å²) in [5.41, 5.74) is 2.52. The molecule has 1 aromatic rings. The summed E-state index contributed by atoms with van der Waals surface area (Å²) >= 11 is 0. The zero-order valence-corrected chi connectivity index (χ0v) is 9.37. The van der Waals surface area contributed by atoms with Crippen molar-refractivity contribution in [1.29, 1.82) is 0 Å². The van der Waals surface area contributed by atoms with Gasteiger partial charge in [-0.15, -0.1) is 0 Å². The van der Waals surface area contributed by atoms with E-state index >= 15 is 0 Å². The zero-order chi connectivity index (χ0) is 11.4. The van der Waals surface area contributed by atoms with E-state index in [0.717, 1.165) is 35.6 Å². The number of carboxylic acid groups (broad SMARTS) is 1. The first-order chi connectivity index (χ1) is 7.08. The van der Waals surface area contributed by atoms with Crippen molar-refractivity contribution in [3.63, 3.8) is 0 Å². The quantitative estimate of drug-likeness (QED) is 0.815. The van der Waals surface area contributed by atoms with Crippen molar-refractivity contribution in [2.24, 2.45) is 0 Å². The molecule has 4 nitrogen and oxygen atoms in total. The molecule has 0 saturated heterocycles. The Labute approximate surface area is 89.4 Å². The number of nitrogens with zero attached hydrogens (tertiary/aromatic N) is 2. The van der Waals surface area contributed by atoms with Crippen LogP contribution in [0.15, 0.2) is 0 Å². The molecule has 4 heteroatoms. The van der Waals surface area contributed by atoms with Crippen LogP contribution >= 0.6 is 0 Å². The Kier molecular flexibility index (Phi) is 3.77. The van der Waals surface area contributed by atoms with Crippen LogP contribution < -0.4 is 0 Å². The first-order valence-electron chi connectivity index (χ1n) is 5.15. The van der Waals surface area contributed by atoms with Gasteiger partial charge in [-0.25, -0.2) is 9.97 Å². The van der Waals surface area contributed by atoms with Gasteiger partial charge in [-0.1, -0.05) is 13.8 Å². The summed E-state index contributed by atoms with van der Waals surface area (Å²) in [6.45, 7) is 5.79. The molecule has 0 aliphatic rings. The molecule has 15 heavy (non-hydrogen) atoms.